The van der Waals surface area contributed by atoms with Crippen molar-refractivity contribution >= 4 is 58.2 Å². The molecule has 7 rings (SSSR count). The number of amides is 5. The van der Waals surface area contributed by atoms with Crippen molar-refractivity contribution in [1.82, 2.24) is 20.9 Å². The predicted octanol–water partition coefficient (Wildman–Crippen LogP) is 3.68. The number of hydrogen-bond donors (Lipinski definition) is 4. The number of hydrogen-bond acceptors (Lipinski definition) is 10. The van der Waals surface area contributed by atoms with Gasteiger partial charge in [-0.3, -0.25) is 34.2 Å². The van der Waals surface area contributed by atoms with E-state index >= 15 is 0 Å². The highest BCUT2D eigenvalue weighted by Gasteiger charge is 2.44. The fourth-order valence-electron chi connectivity index (χ4n) is 7.61. The third-order valence-electron chi connectivity index (χ3n) is 10.8. The minimum Gasteiger partial charge on any atom is -0.384 e. The van der Waals surface area contributed by atoms with E-state index < -0.39 is 29.7 Å². The maximum atomic E-state index is 13.1. The fraction of sp³-hybridized carbons (Fsp3) is 0.385. The average Bonchev–Trinajstić information content (AvgIpc) is 3.38. The summed E-state index contributed by atoms with van der Waals surface area (Å²) >= 11 is 6.25. The molecule has 3 aromatic carbocycles. The molecule has 1 saturated carbocycles. The molecule has 2 saturated heterocycles. The molecule has 274 valence electrons. The smallest absolute Gasteiger partial charge is 0.262 e. The van der Waals surface area contributed by atoms with E-state index in [2.05, 4.69) is 37.1 Å². The number of benzene rings is 3. The molecule has 3 aliphatic heterocycles. The minimum absolute atomic E-state index is 0.0612. The van der Waals surface area contributed by atoms with E-state index in [0.29, 0.717) is 47.0 Å². The SMILES string of the molecule is CN(c1ccc(C#N)c(Cl)c1)C1CCC(NC(=O)c2ccc(N3CC(NCCNc4ccc5c(c4)C(=O)N(C4CCC(=O)NC4=O)C5=O)C3)cc2)CC1. The number of carbonyl (C=O) groups is 5. The molecule has 3 heterocycles. The topological polar surface area (TPSA) is 167 Å². The number of nitrogens with zero attached hydrogens (tertiary/aromatic N) is 4. The number of fused-ring (bicyclic) bond motifs is 1. The molecule has 53 heavy (non-hydrogen) atoms. The number of nitriles is 1. The summed E-state index contributed by atoms with van der Waals surface area (Å²) in [6, 6.07) is 20.1. The lowest BCUT2D eigenvalue weighted by atomic mass is 9.90. The maximum Gasteiger partial charge on any atom is 0.262 e. The van der Waals surface area contributed by atoms with Crippen molar-refractivity contribution < 1.29 is 24.0 Å². The molecule has 5 amide bonds. The van der Waals surface area contributed by atoms with E-state index in [-0.39, 0.29) is 35.9 Å². The van der Waals surface area contributed by atoms with Gasteiger partial charge in [0.05, 0.1) is 21.7 Å². The summed E-state index contributed by atoms with van der Waals surface area (Å²) < 4.78 is 0. The van der Waals surface area contributed by atoms with Crippen molar-refractivity contribution in [1.29, 1.82) is 5.26 Å². The number of rotatable bonds is 11. The van der Waals surface area contributed by atoms with E-state index in [1.165, 1.54) is 0 Å². The number of anilines is 3. The Balaban J connectivity index is 0.808. The Morgan fingerprint density at radius 1 is 0.906 bits per heavy atom. The van der Waals surface area contributed by atoms with Gasteiger partial charge in [-0.05, 0) is 92.8 Å². The van der Waals surface area contributed by atoms with Gasteiger partial charge in [0, 0.05) is 80.4 Å². The third-order valence-corrected chi connectivity index (χ3v) is 11.1. The van der Waals surface area contributed by atoms with Gasteiger partial charge < -0.3 is 25.8 Å². The van der Waals surface area contributed by atoms with Crippen LogP contribution in [0.3, 0.4) is 0 Å². The van der Waals surface area contributed by atoms with E-state index in [9.17, 15) is 24.0 Å². The Labute approximate surface area is 312 Å². The molecule has 3 fully saturated rings. The third kappa shape index (κ3) is 7.56. The van der Waals surface area contributed by atoms with Gasteiger partial charge in [0.1, 0.15) is 12.1 Å². The molecule has 1 aliphatic carbocycles. The van der Waals surface area contributed by atoms with Crippen LogP contribution in [0.2, 0.25) is 5.02 Å². The van der Waals surface area contributed by atoms with Gasteiger partial charge in [-0.2, -0.15) is 5.26 Å². The van der Waals surface area contributed by atoms with Crippen molar-refractivity contribution in [2.75, 3.05) is 48.3 Å². The highest BCUT2D eigenvalue weighted by atomic mass is 35.5. The maximum absolute atomic E-state index is 13.1. The first-order valence-corrected chi connectivity index (χ1v) is 18.4. The van der Waals surface area contributed by atoms with Crippen molar-refractivity contribution in [3.05, 3.63) is 87.9 Å². The van der Waals surface area contributed by atoms with Gasteiger partial charge in [-0.1, -0.05) is 11.6 Å². The summed E-state index contributed by atoms with van der Waals surface area (Å²) in [5.41, 5.74) is 4.35. The van der Waals surface area contributed by atoms with E-state index in [4.69, 9.17) is 16.9 Å². The quantitative estimate of drug-likeness (QED) is 0.169. The lowest BCUT2D eigenvalue weighted by molar-refractivity contribution is -0.136. The largest absolute Gasteiger partial charge is 0.384 e. The first-order valence-electron chi connectivity index (χ1n) is 18.0. The lowest BCUT2D eigenvalue weighted by Gasteiger charge is -2.41. The van der Waals surface area contributed by atoms with Crippen molar-refractivity contribution in [2.24, 2.45) is 0 Å². The molecule has 0 radical (unpaired) electrons. The van der Waals surface area contributed by atoms with Gasteiger partial charge >= 0.3 is 0 Å². The van der Waals surface area contributed by atoms with Gasteiger partial charge in [-0.25, -0.2) is 0 Å². The average molecular weight is 737 g/mol. The summed E-state index contributed by atoms with van der Waals surface area (Å²) in [6.45, 7) is 2.96. The second-order valence-electron chi connectivity index (χ2n) is 14.1. The number of imide groups is 2. The molecular weight excluding hydrogens is 696 g/mol. The molecule has 4 N–H and O–H groups in total. The Morgan fingerprint density at radius 3 is 2.34 bits per heavy atom. The van der Waals surface area contributed by atoms with E-state index in [1.807, 2.05) is 43.4 Å². The summed E-state index contributed by atoms with van der Waals surface area (Å²) in [5, 5.41) is 21.9. The second-order valence-corrected chi connectivity index (χ2v) is 14.5. The molecule has 4 aliphatic rings. The van der Waals surface area contributed by atoms with Crippen LogP contribution in [0.25, 0.3) is 0 Å². The summed E-state index contributed by atoms with van der Waals surface area (Å²) in [7, 11) is 2.05. The van der Waals surface area contributed by atoms with Crippen molar-refractivity contribution in [3.63, 3.8) is 0 Å². The van der Waals surface area contributed by atoms with Crippen LogP contribution in [-0.2, 0) is 9.59 Å². The monoisotopic (exact) mass is 736 g/mol. The fourth-order valence-corrected chi connectivity index (χ4v) is 7.82. The van der Waals surface area contributed by atoms with Gasteiger partial charge in [0.25, 0.3) is 17.7 Å². The summed E-state index contributed by atoms with van der Waals surface area (Å²) in [4.78, 5) is 68.3. The number of carbonyl (C=O) groups excluding carboxylic acids is 5. The summed E-state index contributed by atoms with van der Waals surface area (Å²) in [5.74, 6) is -2.14. The standard InChI is InChI=1S/C39H41ClN8O5/c1-46(30-10-4-24(20-41)33(40)19-30)28-11-5-25(6-12-28)44-36(50)23-2-8-29(9-3-23)47-21-27(22-47)43-17-16-42-26-7-13-31-32(18-26)39(53)48(38(31)52)34-14-15-35(49)45-37(34)51/h2-4,7-10,13,18-19,25,27-28,34,42-43H,5-6,11-12,14-17,21-22H2,1H3,(H,44,50)(H,45,49,51). The molecule has 0 aromatic heterocycles. The molecule has 0 bridgehead atoms. The van der Waals surface area contributed by atoms with Crippen LogP contribution in [0.1, 0.15) is 75.2 Å². The van der Waals surface area contributed by atoms with Gasteiger partial charge in [-0.15, -0.1) is 0 Å². The van der Waals surface area contributed by atoms with Crippen LogP contribution in [0.5, 0.6) is 0 Å². The Kier molecular flexibility index (Phi) is 10.3. The van der Waals surface area contributed by atoms with Crippen LogP contribution in [0.15, 0.2) is 60.7 Å². The Bertz CT molecular complexity index is 1980. The first-order chi connectivity index (χ1) is 25.6. The number of nitrogens with one attached hydrogen (secondary N) is 4. The van der Waals surface area contributed by atoms with Crippen molar-refractivity contribution in [2.45, 2.75) is 62.7 Å². The molecule has 1 atom stereocenters. The normalized spacial score (nSPS) is 21.4. The molecule has 3 aromatic rings. The highest BCUT2D eigenvalue weighted by Crippen LogP contribution is 2.31. The molecule has 1 unspecified atom stereocenters. The van der Waals surface area contributed by atoms with Crippen LogP contribution in [0, 0.1) is 11.3 Å². The van der Waals surface area contributed by atoms with Crippen LogP contribution in [0.4, 0.5) is 17.1 Å². The highest BCUT2D eigenvalue weighted by molar-refractivity contribution is 6.32. The van der Waals surface area contributed by atoms with Crippen LogP contribution >= 0.6 is 11.6 Å². The zero-order valence-corrected chi connectivity index (χ0v) is 30.1. The lowest BCUT2D eigenvalue weighted by Crippen LogP contribution is -2.58. The molecular formula is C39H41ClN8O5. The van der Waals surface area contributed by atoms with Crippen LogP contribution < -0.4 is 31.1 Å². The zero-order chi connectivity index (χ0) is 37.2. The Morgan fingerprint density at radius 2 is 1.64 bits per heavy atom. The minimum atomic E-state index is -0.987. The van der Waals surface area contributed by atoms with Crippen molar-refractivity contribution in [3.8, 4) is 6.07 Å². The number of halogens is 1. The molecule has 14 heteroatoms. The first kappa shape index (κ1) is 35.9. The predicted molar refractivity (Wildman–Crippen MR) is 200 cm³/mol. The zero-order valence-electron chi connectivity index (χ0n) is 29.4. The molecule has 0 spiro atoms. The molecule has 13 nitrogen and oxygen atoms in total. The number of piperidine rings is 1. The summed E-state index contributed by atoms with van der Waals surface area (Å²) in [6.07, 6.45) is 3.87. The van der Waals surface area contributed by atoms with E-state index in [1.54, 1.807) is 24.3 Å². The van der Waals surface area contributed by atoms with Crippen LogP contribution in [-0.4, -0.2) is 91.8 Å². The van der Waals surface area contributed by atoms with Gasteiger partial charge in [0.2, 0.25) is 11.8 Å². The second kappa shape index (κ2) is 15.3. The Hall–Kier alpha value is -5.45. The van der Waals surface area contributed by atoms with E-state index in [0.717, 1.165) is 55.0 Å². The van der Waals surface area contributed by atoms with Gasteiger partial charge in [0.15, 0.2) is 0 Å².